The summed E-state index contributed by atoms with van der Waals surface area (Å²) in [5.74, 6) is 0.0381. The van der Waals surface area contributed by atoms with Crippen molar-refractivity contribution >= 4 is 17.5 Å². The Morgan fingerprint density at radius 3 is 2.68 bits per heavy atom. The highest BCUT2D eigenvalue weighted by atomic mass is 35.5. The predicted molar refractivity (Wildman–Crippen MR) is 76.6 cm³/mol. The highest BCUT2D eigenvalue weighted by Gasteiger charge is 2.14. The van der Waals surface area contributed by atoms with Gasteiger partial charge in [0.15, 0.2) is 0 Å². The number of hydrogen-bond acceptors (Lipinski definition) is 3. The molecule has 0 spiro atoms. The van der Waals surface area contributed by atoms with Crippen molar-refractivity contribution in [1.29, 1.82) is 0 Å². The van der Waals surface area contributed by atoms with E-state index >= 15 is 0 Å². The first-order valence-electron chi connectivity index (χ1n) is 6.57. The average molecular weight is 285 g/mol. The molecule has 0 saturated carbocycles. The summed E-state index contributed by atoms with van der Waals surface area (Å²) in [6.07, 6.45) is 1.33. The summed E-state index contributed by atoms with van der Waals surface area (Å²) in [4.78, 5) is 16.3. The van der Waals surface area contributed by atoms with Gasteiger partial charge in [0, 0.05) is 23.9 Å². The van der Waals surface area contributed by atoms with Crippen LogP contribution in [-0.4, -0.2) is 28.6 Å². The molecule has 0 radical (unpaired) electrons. The van der Waals surface area contributed by atoms with Gasteiger partial charge in [-0.25, -0.2) is 4.98 Å². The fourth-order valence-electron chi connectivity index (χ4n) is 1.75. The number of halogens is 1. The zero-order chi connectivity index (χ0) is 14.4. The molecule has 0 saturated heterocycles. The molecule has 0 aliphatic rings. The van der Waals surface area contributed by atoms with Crippen LogP contribution in [0.2, 0.25) is 5.15 Å². The minimum atomic E-state index is -0.175. The van der Waals surface area contributed by atoms with Gasteiger partial charge in [-0.2, -0.15) is 0 Å². The number of aromatic nitrogens is 1. The topological polar surface area (TPSA) is 62.2 Å². The van der Waals surface area contributed by atoms with Gasteiger partial charge in [0.1, 0.15) is 5.15 Å². The minimum Gasteiger partial charge on any atom is -0.396 e. The van der Waals surface area contributed by atoms with Crippen molar-refractivity contribution in [1.82, 2.24) is 10.3 Å². The van der Waals surface area contributed by atoms with E-state index in [4.69, 9.17) is 16.7 Å². The standard InChI is InChI=1S/C14H21ClN2O2/c1-4-11(5-6-18)16-14(19)10-7-12(9(2)3)17-13(15)8-10/h7-9,11,18H,4-6H2,1-3H3,(H,16,19). The largest absolute Gasteiger partial charge is 0.396 e. The predicted octanol–water partition coefficient (Wildman–Crippen LogP) is 2.75. The molecule has 1 aromatic heterocycles. The highest BCUT2D eigenvalue weighted by molar-refractivity contribution is 6.29. The molecule has 0 fully saturated rings. The molecule has 0 aliphatic heterocycles. The lowest BCUT2D eigenvalue weighted by Crippen LogP contribution is -2.35. The third-order valence-electron chi connectivity index (χ3n) is 2.97. The summed E-state index contributed by atoms with van der Waals surface area (Å²) < 4.78 is 0. The molecule has 1 aromatic rings. The van der Waals surface area contributed by atoms with E-state index in [0.717, 1.165) is 12.1 Å². The number of carbonyl (C=O) groups excluding carboxylic acids is 1. The Labute approximate surface area is 119 Å². The van der Waals surface area contributed by atoms with Crippen LogP contribution in [0.3, 0.4) is 0 Å². The lowest BCUT2D eigenvalue weighted by atomic mass is 10.1. The summed E-state index contributed by atoms with van der Waals surface area (Å²) in [5.41, 5.74) is 1.31. The van der Waals surface area contributed by atoms with Gasteiger partial charge in [-0.05, 0) is 30.9 Å². The van der Waals surface area contributed by atoms with Gasteiger partial charge in [-0.3, -0.25) is 4.79 Å². The van der Waals surface area contributed by atoms with E-state index in [0.29, 0.717) is 17.1 Å². The Balaban J connectivity index is 2.87. The first-order valence-corrected chi connectivity index (χ1v) is 6.94. The molecule has 106 valence electrons. The molecule has 0 aromatic carbocycles. The molecule has 0 aliphatic carbocycles. The maximum atomic E-state index is 12.1. The van der Waals surface area contributed by atoms with E-state index in [2.05, 4.69) is 10.3 Å². The van der Waals surface area contributed by atoms with Crippen molar-refractivity contribution in [2.45, 2.75) is 45.6 Å². The molecule has 1 unspecified atom stereocenters. The Hall–Kier alpha value is -1.13. The quantitative estimate of drug-likeness (QED) is 0.790. The number of aliphatic hydroxyl groups is 1. The van der Waals surface area contributed by atoms with E-state index in [1.54, 1.807) is 12.1 Å². The van der Waals surface area contributed by atoms with Crippen molar-refractivity contribution in [2.24, 2.45) is 0 Å². The van der Waals surface area contributed by atoms with Gasteiger partial charge in [-0.15, -0.1) is 0 Å². The van der Waals surface area contributed by atoms with Gasteiger partial charge in [0.25, 0.3) is 5.91 Å². The number of amides is 1. The third-order valence-corrected chi connectivity index (χ3v) is 3.17. The van der Waals surface area contributed by atoms with Crippen LogP contribution in [0, 0.1) is 0 Å². The molecule has 0 bridgehead atoms. The zero-order valence-electron chi connectivity index (χ0n) is 11.6. The van der Waals surface area contributed by atoms with Crippen LogP contribution in [0.5, 0.6) is 0 Å². The summed E-state index contributed by atoms with van der Waals surface area (Å²) in [5, 5.41) is 12.1. The van der Waals surface area contributed by atoms with Crippen molar-refractivity contribution in [3.8, 4) is 0 Å². The maximum Gasteiger partial charge on any atom is 0.251 e. The van der Waals surface area contributed by atoms with Crippen LogP contribution in [-0.2, 0) is 0 Å². The molecule has 5 heteroatoms. The van der Waals surface area contributed by atoms with Crippen LogP contribution in [0.4, 0.5) is 0 Å². The summed E-state index contributed by atoms with van der Waals surface area (Å²) >= 11 is 5.94. The summed E-state index contributed by atoms with van der Waals surface area (Å²) in [6.45, 7) is 6.04. The van der Waals surface area contributed by atoms with Crippen molar-refractivity contribution in [3.05, 3.63) is 28.5 Å². The van der Waals surface area contributed by atoms with E-state index in [1.807, 2.05) is 20.8 Å². The van der Waals surface area contributed by atoms with Crippen LogP contribution in [0.25, 0.3) is 0 Å². The molecule has 2 N–H and O–H groups in total. The van der Waals surface area contributed by atoms with Crippen molar-refractivity contribution in [2.75, 3.05) is 6.61 Å². The monoisotopic (exact) mass is 284 g/mol. The molecular weight excluding hydrogens is 264 g/mol. The second-order valence-corrected chi connectivity index (χ2v) is 5.24. The van der Waals surface area contributed by atoms with E-state index in [9.17, 15) is 4.79 Å². The fraction of sp³-hybridized carbons (Fsp3) is 0.571. The first-order chi connectivity index (χ1) is 8.97. The Morgan fingerprint density at radius 2 is 2.16 bits per heavy atom. The number of aliphatic hydroxyl groups excluding tert-OH is 1. The summed E-state index contributed by atoms with van der Waals surface area (Å²) in [7, 11) is 0. The number of carbonyl (C=O) groups is 1. The fourth-order valence-corrected chi connectivity index (χ4v) is 1.96. The number of hydrogen-bond donors (Lipinski definition) is 2. The third kappa shape index (κ3) is 4.80. The SMILES string of the molecule is CCC(CCO)NC(=O)c1cc(Cl)nc(C(C)C)c1. The summed E-state index contributed by atoms with van der Waals surface area (Å²) in [6, 6.07) is 3.30. The molecular formula is C14H21ClN2O2. The Bertz CT molecular complexity index is 435. The second-order valence-electron chi connectivity index (χ2n) is 4.85. The number of nitrogens with zero attached hydrogens (tertiary/aromatic N) is 1. The lowest BCUT2D eigenvalue weighted by Gasteiger charge is -2.16. The minimum absolute atomic E-state index is 0.0214. The van der Waals surface area contributed by atoms with Crippen LogP contribution >= 0.6 is 11.6 Å². The number of nitrogens with one attached hydrogen (secondary N) is 1. The molecule has 1 rings (SSSR count). The van der Waals surface area contributed by atoms with E-state index in [1.165, 1.54) is 0 Å². The molecule has 4 nitrogen and oxygen atoms in total. The Morgan fingerprint density at radius 1 is 1.47 bits per heavy atom. The molecule has 1 atom stereocenters. The maximum absolute atomic E-state index is 12.1. The van der Waals surface area contributed by atoms with Crippen LogP contribution in [0.15, 0.2) is 12.1 Å². The Kier molecular flexibility index (Phi) is 6.25. The normalized spacial score (nSPS) is 12.5. The van der Waals surface area contributed by atoms with Crippen molar-refractivity contribution in [3.63, 3.8) is 0 Å². The van der Waals surface area contributed by atoms with Gasteiger partial charge in [0.05, 0.1) is 0 Å². The molecule has 19 heavy (non-hydrogen) atoms. The number of rotatable bonds is 6. The molecule has 1 amide bonds. The smallest absolute Gasteiger partial charge is 0.251 e. The van der Waals surface area contributed by atoms with Gasteiger partial charge in [-0.1, -0.05) is 32.4 Å². The zero-order valence-corrected chi connectivity index (χ0v) is 12.4. The number of pyridine rings is 1. The highest BCUT2D eigenvalue weighted by Crippen LogP contribution is 2.18. The second kappa shape index (κ2) is 7.46. The first kappa shape index (κ1) is 15.9. The average Bonchev–Trinajstić information content (AvgIpc) is 2.37. The van der Waals surface area contributed by atoms with E-state index < -0.39 is 0 Å². The van der Waals surface area contributed by atoms with Gasteiger partial charge >= 0.3 is 0 Å². The van der Waals surface area contributed by atoms with Crippen LogP contribution in [0.1, 0.15) is 55.6 Å². The molecule has 1 heterocycles. The van der Waals surface area contributed by atoms with Crippen molar-refractivity contribution < 1.29 is 9.90 Å². The van der Waals surface area contributed by atoms with Gasteiger partial charge < -0.3 is 10.4 Å². The van der Waals surface area contributed by atoms with Crippen LogP contribution < -0.4 is 5.32 Å². The lowest BCUT2D eigenvalue weighted by molar-refractivity contribution is 0.0929. The van der Waals surface area contributed by atoms with E-state index in [-0.39, 0.29) is 24.5 Å². The van der Waals surface area contributed by atoms with Gasteiger partial charge in [0.2, 0.25) is 0 Å².